The van der Waals surface area contributed by atoms with Crippen molar-refractivity contribution in [2.45, 2.75) is 13.5 Å². The highest BCUT2D eigenvalue weighted by atomic mass is 16.5. The minimum absolute atomic E-state index is 0.0975. The number of amides is 1. The molecule has 0 saturated carbocycles. The molecule has 3 aromatic rings. The van der Waals surface area contributed by atoms with Crippen LogP contribution in [0.5, 0.6) is 5.75 Å². The summed E-state index contributed by atoms with van der Waals surface area (Å²) in [5, 5.41) is 4.02. The van der Waals surface area contributed by atoms with Crippen LogP contribution in [0.1, 0.15) is 28.4 Å². The van der Waals surface area contributed by atoms with Crippen LogP contribution in [0.4, 0.5) is 0 Å². The number of methoxy groups -OCH3 is 1. The van der Waals surface area contributed by atoms with Crippen LogP contribution in [0.2, 0.25) is 0 Å². The number of rotatable bonds is 7. The molecule has 3 aromatic carbocycles. The third kappa shape index (κ3) is 5.54. The number of hydrogen-bond donors (Lipinski definition) is 1. The van der Waals surface area contributed by atoms with Gasteiger partial charge in [0.15, 0.2) is 0 Å². The van der Waals surface area contributed by atoms with Crippen LogP contribution in [0.25, 0.3) is 11.1 Å². The summed E-state index contributed by atoms with van der Waals surface area (Å²) in [7, 11) is 1.55. The number of carbonyl (C=O) groups is 2. The van der Waals surface area contributed by atoms with E-state index in [4.69, 9.17) is 9.47 Å². The summed E-state index contributed by atoms with van der Waals surface area (Å²) < 4.78 is 10.3. The molecule has 0 saturated heterocycles. The third-order valence-corrected chi connectivity index (χ3v) is 4.37. The summed E-state index contributed by atoms with van der Waals surface area (Å²) in [6.45, 7) is 1.44. The van der Waals surface area contributed by atoms with E-state index < -0.39 is 0 Å². The topological polar surface area (TPSA) is 77.0 Å². The molecule has 1 N–H and O–H groups in total. The zero-order valence-electron chi connectivity index (χ0n) is 16.8. The van der Waals surface area contributed by atoms with Gasteiger partial charge in [-0.25, -0.2) is 5.43 Å². The standard InChI is InChI=1S/C24H22N2O4/c1-17(27)30-16-22-14-18(8-13-23(22)29-2)15-25-26-24(28)21-11-9-20(10-12-21)19-6-4-3-5-7-19/h3-15H,16H2,1-2H3,(H,26,28)/b25-15+. The van der Waals surface area contributed by atoms with Crippen molar-refractivity contribution in [2.75, 3.05) is 7.11 Å². The Kier molecular flexibility index (Phi) is 6.95. The largest absolute Gasteiger partial charge is 0.496 e. The summed E-state index contributed by atoms with van der Waals surface area (Å²) in [5.74, 6) is -0.0721. The molecule has 0 unspecified atom stereocenters. The number of esters is 1. The first-order chi connectivity index (χ1) is 14.6. The Hall–Kier alpha value is -3.93. The third-order valence-electron chi connectivity index (χ3n) is 4.37. The van der Waals surface area contributed by atoms with Crippen LogP contribution in [-0.4, -0.2) is 25.2 Å². The first-order valence-corrected chi connectivity index (χ1v) is 9.36. The van der Waals surface area contributed by atoms with E-state index in [0.29, 0.717) is 16.9 Å². The lowest BCUT2D eigenvalue weighted by molar-refractivity contribution is -0.142. The van der Waals surface area contributed by atoms with Gasteiger partial charge >= 0.3 is 5.97 Å². The van der Waals surface area contributed by atoms with E-state index in [1.165, 1.54) is 13.1 Å². The SMILES string of the molecule is COc1ccc(/C=N/NC(=O)c2ccc(-c3ccccc3)cc2)cc1COC(C)=O. The second kappa shape index (κ2) is 10.0. The molecule has 1 amide bonds. The van der Waals surface area contributed by atoms with Crippen molar-refractivity contribution < 1.29 is 19.1 Å². The number of nitrogens with one attached hydrogen (secondary N) is 1. The molecule has 0 atom stereocenters. The van der Waals surface area contributed by atoms with Gasteiger partial charge in [-0.05, 0) is 47.0 Å². The quantitative estimate of drug-likeness (QED) is 0.365. The number of hydrazone groups is 1. The zero-order valence-corrected chi connectivity index (χ0v) is 16.8. The van der Waals surface area contributed by atoms with Gasteiger partial charge < -0.3 is 9.47 Å². The Morgan fingerprint density at radius 2 is 1.67 bits per heavy atom. The van der Waals surface area contributed by atoms with Crippen molar-refractivity contribution in [1.29, 1.82) is 0 Å². The number of hydrogen-bond acceptors (Lipinski definition) is 5. The average molecular weight is 402 g/mol. The van der Waals surface area contributed by atoms with Crippen LogP contribution in [0.3, 0.4) is 0 Å². The highest BCUT2D eigenvalue weighted by Crippen LogP contribution is 2.21. The molecule has 6 nitrogen and oxygen atoms in total. The fourth-order valence-electron chi connectivity index (χ4n) is 2.85. The minimum atomic E-state index is -0.373. The van der Waals surface area contributed by atoms with Crippen molar-refractivity contribution in [3.8, 4) is 16.9 Å². The lowest BCUT2D eigenvalue weighted by Gasteiger charge is -2.09. The zero-order chi connectivity index (χ0) is 21.3. The Labute approximate surface area is 175 Å². The molecular formula is C24H22N2O4. The number of carbonyl (C=O) groups excluding carboxylic acids is 2. The second-order valence-corrected chi connectivity index (χ2v) is 6.49. The smallest absolute Gasteiger partial charge is 0.302 e. The van der Waals surface area contributed by atoms with E-state index in [0.717, 1.165) is 16.7 Å². The van der Waals surface area contributed by atoms with Gasteiger partial charge in [0.05, 0.1) is 13.3 Å². The maximum atomic E-state index is 12.3. The normalized spacial score (nSPS) is 10.6. The summed E-state index contributed by atoms with van der Waals surface area (Å²) in [6.07, 6.45) is 1.52. The van der Waals surface area contributed by atoms with E-state index in [2.05, 4.69) is 10.5 Å². The monoisotopic (exact) mass is 402 g/mol. The van der Waals surface area contributed by atoms with Crippen molar-refractivity contribution in [2.24, 2.45) is 5.10 Å². The molecule has 0 bridgehead atoms. The Morgan fingerprint density at radius 3 is 2.33 bits per heavy atom. The molecule has 0 heterocycles. The van der Waals surface area contributed by atoms with E-state index in [-0.39, 0.29) is 18.5 Å². The van der Waals surface area contributed by atoms with Gasteiger partial charge in [-0.3, -0.25) is 9.59 Å². The molecule has 3 rings (SSSR count). The van der Waals surface area contributed by atoms with Gasteiger partial charge in [-0.1, -0.05) is 42.5 Å². The highest BCUT2D eigenvalue weighted by Gasteiger charge is 2.07. The minimum Gasteiger partial charge on any atom is -0.496 e. The molecule has 0 aliphatic carbocycles. The maximum absolute atomic E-state index is 12.3. The van der Waals surface area contributed by atoms with Crippen LogP contribution in [-0.2, 0) is 16.1 Å². The number of benzene rings is 3. The van der Waals surface area contributed by atoms with Crippen LogP contribution >= 0.6 is 0 Å². The lowest BCUT2D eigenvalue weighted by Crippen LogP contribution is -2.17. The van der Waals surface area contributed by atoms with Crippen molar-refractivity contribution in [3.63, 3.8) is 0 Å². The maximum Gasteiger partial charge on any atom is 0.302 e. The molecule has 0 aliphatic rings. The van der Waals surface area contributed by atoms with E-state index >= 15 is 0 Å². The summed E-state index contributed by atoms with van der Waals surface area (Å²) in [6, 6.07) is 22.6. The molecule has 0 fully saturated rings. The molecule has 0 aliphatic heterocycles. The van der Waals surface area contributed by atoms with Gasteiger partial charge in [-0.2, -0.15) is 5.10 Å². The van der Waals surface area contributed by atoms with Gasteiger partial charge in [0.2, 0.25) is 0 Å². The van der Waals surface area contributed by atoms with Crippen molar-refractivity contribution >= 4 is 18.1 Å². The predicted molar refractivity (Wildman–Crippen MR) is 115 cm³/mol. The van der Waals surface area contributed by atoms with Gasteiger partial charge in [0, 0.05) is 18.1 Å². The lowest BCUT2D eigenvalue weighted by atomic mass is 10.0. The van der Waals surface area contributed by atoms with Gasteiger partial charge in [0.1, 0.15) is 12.4 Å². The Bertz CT molecular complexity index is 1040. The summed E-state index contributed by atoms with van der Waals surface area (Å²) in [4.78, 5) is 23.4. The van der Waals surface area contributed by atoms with E-state index in [9.17, 15) is 9.59 Å². The fraction of sp³-hybridized carbons (Fsp3) is 0.125. The van der Waals surface area contributed by atoms with Crippen LogP contribution < -0.4 is 10.2 Å². The van der Waals surface area contributed by atoms with Gasteiger partial charge in [0.25, 0.3) is 5.91 Å². The van der Waals surface area contributed by atoms with Gasteiger partial charge in [-0.15, -0.1) is 0 Å². The average Bonchev–Trinajstić information content (AvgIpc) is 2.78. The summed E-state index contributed by atoms with van der Waals surface area (Å²) >= 11 is 0. The Balaban J connectivity index is 1.64. The van der Waals surface area contributed by atoms with E-state index in [1.807, 2.05) is 42.5 Å². The molecule has 0 aromatic heterocycles. The first-order valence-electron chi connectivity index (χ1n) is 9.36. The van der Waals surface area contributed by atoms with Crippen molar-refractivity contribution in [3.05, 3.63) is 89.5 Å². The van der Waals surface area contributed by atoms with Crippen LogP contribution in [0.15, 0.2) is 77.9 Å². The predicted octanol–water partition coefficient (Wildman–Crippen LogP) is 4.19. The molecule has 152 valence electrons. The van der Waals surface area contributed by atoms with E-state index in [1.54, 1.807) is 37.4 Å². The highest BCUT2D eigenvalue weighted by molar-refractivity contribution is 5.95. The molecular weight excluding hydrogens is 380 g/mol. The molecule has 30 heavy (non-hydrogen) atoms. The fourth-order valence-corrected chi connectivity index (χ4v) is 2.85. The molecule has 0 spiro atoms. The Morgan fingerprint density at radius 1 is 0.967 bits per heavy atom. The first kappa shape index (κ1) is 20.8. The van der Waals surface area contributed by atoms with Crippen LogP contribution in [0, 0.1) is 0 Å². The number of ether oxygens (including phenoxy) is 2. The molecule has 6 heteroatoms. The summed E-state index contributed by atoms with van der Waals surface area (Å²) in [5.41, 5.74) is 6.60. The second-order valence-electron chi connectivity index (χ2n) is 6.49. The molecule has 0 radical (unpaired) electrons. The van der Waals surface area contributed by atoms with Crippen molar-refractivity contribution in [1.82, 2.24) is 5.43 Å². The number of nitrogens with zero attached hydrogens (tertiary/aromatic N) is 1.